The quantitative estimate of drug-likeness (QED) is 0.0203. The van der Waals surface area contributed by atoms with Crippen LogP contribution in [-0.2, 0) is 68.7 Å². The molecule has 10 N–H and O–H groups in total. The maximum atomic E-state index is 14.7. The van der Waals surface area contributed by atoms with E-state index in [0.717, 1.165) is 12.0 Å². The maximum absolute atomic E-state index is 14.7. The van der Waals surface area contributed by atoms with Gasteiger partial charge >= 0.3 is 5.97 Å². The molecule has 23 heteroatoms. The van der Waals surface area contributed by atoms with Crippen molar-refractivity contribution in [3.8, 4) is 0 Å². The number of hydrogen-bond donors (Lipinski definition) is 9. The predicted octanol–water partition coefficient (Wildman–Crippen LogP) is 6.12. The highest BCUT2D eigenvalue weighted by Gasteiger charge is 2.62. The van der Waals surface area contributed by atoms with Gasteiger partial charge in [-0.1, -0.05) is 137 Å². The first-order valence-electron chi connectivity index (χ1n) is 34.0. The summed E-state index contributed by atoms with van der Waals surface area (Å²) in [4.78, 5) is 169. The molecule has 0 bridgehead atoms. The number of hydrogen-bond acceptors (Lipinski definition) is 15. The topological polar surface area (TPSA) is 353 Å². The molecule has 2 fully saturated rings. The highest BCUT2D eigenvalue weighted by Crippen LogP contribution is 2.48. The van der Waals surface area contributed by atoms with E-state index in [2.05, 4.69) is 38.5 Å². The van der Waals surface area contributed by atoms with Crippen molar-refractivity contribution < 1.29 is 76.9 Å². The molecule has 1 saturated carbocycles. The van der Waals surface area contributed by atoms with E-state index < -0.39 is 205 Å². The van der Waals surface area contributed by atoms with E-state index in [1.807, 2.05) is 44.2 Å². The minimum absolute atomic E-state index is 0.0487. The van der Waals surface area contributed by atoms with Gasteiger partial charge in [-0.05, 0) is 100 Å². The van der Waals surface area contributed by atoms with Crippen molar-refractivity contribution in [2.24, 2.45) is 64.9 Å². The minimum Gasteiger partial charge on any atom is -0.458 e. The average molecular weight is 1310 g/mol. The van der Waals surface area contributed by atoms with Crippen LogP contribution in [0.25, 0.3) is 0 Å². The third kappa shape index (κ3) is 24.5. The van der Waals surface area contributed by atoms with Crippen LogP contribution < -0.4 is 37.6 Å². The first-order chi connectivity index (χ1) is 44.0. The number of carbonyl (C=O) groups excluding carboxylic acids is 12. The van der Waals surface area contributed by atoms with Crippen molar-refractivity contribution in [2.75, 3.05) is 13.2 Å². The van der Waals surface area contributed by atoms with Gasteiger partial charge in [0.05, 0.1) is 49.3 Å². The molecular weight excluding hydrogens is 1200 g/mol. The first-order valence-corrected chi connectivity index (χ1v) is 34.0. The highest BCUT2D eigenvalue weighted by molar-refractivity contribution is 6.01. The van der Waals surface area contributed by atoms with Gasteiger partial charge in [0, 0.05) is 49.9 Å². The third-order valence-corrected chi connectivity index (χ3v) is 19.4. The number of alkyl halides is 1. The molecule has 0 radical (unpaired) electrons. The molecule has 1 saturated heterocycles. The molecule has 93 heavy (non-hydrogen) atoms. The van der Waals surface area contributed by atoms with Crippen molar-refractivity contribution in [3.05, 3.63) is 48.6 Å². The molecule has 1 aromatic rings. The van der Waals surface area contributed by atoms with E-state index in [9.17, 15) is 72.1 Å². The fourth-order valence-electron chi connectivity index (χ4n) is 12.1. The number of primary amides is 1. The summed E-state index contributed by atoms with van der Waals surface area (Å²) in [7, 11) is 0. The SMILES string of the molecule is C=CCCCCC[C@@H]1CC(=O)[C@H](NC(=O)[C@H](CO)CC(=O)[C@@H](NC(=O)[C@H](CC(=O)[C@@H](CCC(N)=O)NC(=O)[C@H](CO)CC(=O)[C@@H](NC(=O)[C@H](CC)Cc2ccccc2)[C@@H](C)CC)[C@@H](C)CC)[C@@H](C)CC)[C@H](C)OC(=O)[C@H]([C@@H](C)CC)NC(=O)C2(CC2CC(C)F)NC1=O. The van der Waals surface area contributed by atoms with E-state index in [4.69, 9.17) is 10.5 Å². The van der Waals surface area contributed by atoms with E-state index in [1.165, 1.54) is 13.8 Å². The number of allylic oxidation sites excluding steroid dienone is 1. The highest BCUT2D eigenvalue weighted by atomic mass is 19.1. The van der Waals surface area contributed by atoms with Crippen molar-refractivity contribution in [1.29, 1.82) is 0 Å². The fraction of sp³-hybridized carbons (Fsp3) is 0.714. The molecule has 1 aliphatic heterocycles. The summed E-state index contributed by atoms with van der Waals surface area (Å²) in [6, 6.07) is 2.77. The number of esters is 1. The summed E-state index contributed by atoms with van der Waals surface area (Å²) in [5.41, 5.74) is 4.90. The third-order valence-electron chi connectivity index (χ3n) is 19.4. The number of carbonyl (C=O) groups is 12. The summed E-state index contributed by atoms with van der Waals surface area (Å²) >= 11 is 0. The molecule has 22 nitrogen and oxygen atoms in total. The lowest BCUT2D eigenvalue weighted by Crippen LogP contribution is -2.57. The Hall–Kier alpha value is -6.75. The maximum Gasteiger partial charge on any atom is 0.329 e. The number of Topliss-reactive ketones (excluding diaryl/α,β-unsaturated/α-hetero) is 4. The Balaban J connectivity index is 1.91. The second-order valence-corrected chi connectivity index (χ2v) is 26.5. The van der Waals surface area contributed by atoms with Crippen LogP contribution in [0.3, 0.4) is 0 Å². The number of aliphatic hydroxyl groups is 2. The van der Waals surface area contributed by atoms with Crippen molar-refractivity contribution >= 4 is 70.5 Å². The van der Waals surface area contributed by atoms with Gasteiger partial charge in [0.1, 0.15) is 23.7 Å². The van der Waals surface area contributed by atoms with Crippen LogP contribution in [0, 0.1) is 59.2 Å². The fourth-order valence-corrected chi connectivity index (χ4v) is 12.1. The van der Waals surface area contributed by atoms with Crippen LogP contribution in [0.1, 0.15) is 197 Å². The van der Waals surface area contributed by atoms with E-state index in [0.29, 0.717) is 57.8 Å². The largest absolute Gasteiger partial charge is 0.458 e. The van der Waals surface area contributed by atoms with Gasteiger partial charge in [-0.25, -0.2) is 9.18 Å². The van der Waals surface area contributed by atoms with Gasteiger partial charge in [-0.15, -0.1) is 6.58 Å². The summed E-state index contributed by atoms with van der Waals surface area (Å²) < 4.78 is 20.4. The molecule has 1 heterocycles. The van der Waals surface area contributed by atoms with Crippen LogP contribution in [0.5, 0.6) is 0 Å². The molecule has 1 spiro atoms. The van der Waals surface area contributed by atoms with Gasteiger partial charge in [0.2, 0.25) is 41.4 Å². The number of unbranched alkanes of at least 4 members (excludes halogenated alkanes) is 3. The molecule has 18 atom stereocenters. The smallest absolute Gasteiger partial charge is 0.329 e. The van der Waals surface area contributed by atoms with Gasteiger partial charge in [0.15, 0.2) is 23.1 Å². The number of cyclic esters (lactones) is 1. The Bertz CT molecular complexity index is 2690. The molecule has 7 amide bonds. The Morgan fingerprint density at radius 3 is 1.83 bits per heavy atom. The molecular formula is C70H110FN7O15. The lowest BCUT2D eigenvalue weighted by molar-refractivity contribution is -0.157. The van der Waals surface area contributed by atoms with Gasteiger partial charge in [0.25, 0.3) is 0 Å². The number of aliphatic hydroxyl groups excluding tert-OH is 2. The van der Waals surface area contributed by atoms with Crippen LogP contribution in [0.15, 0.2) is 43.0 Å². The number of amides is 7. The molecule has 0 aromatic heterocycles. The van der Waals surface area contributed by atoms with Crippen molar-refractivity contribution in [2.45, 2.75) is 246 Å². The monoisotopic (exact) mass is 1310 g/mol. The number of ketones is 4. The lowest BCUT2D eigenvalue weighted by atomic mass is 9.83. The van der Waals surface area contributed by atoms with Gasteiger partial charge in [-0.2, -0.15) is 0 Å². The molecule has 3 unspecified atom stereocenters. The van der Waals surface area contributed by atoms with E-state index in [1.54, 1.807) is 54.5 Å². The van der Waals surface area contributed by atoms with Crippen LogP contribution in [0.2, 0.25) is 0 Å². The lowest BCUT2D eigenvalue weighted by Gasteiger charge is -2.31. The number of rotatable bonds is 41. The molecule has 1 aromatic carbocycles. The molecule has 522 valence electrons. The average Bonchev–Trinajstić information content (AvgIpc) is 1.58. The zero-order chi connectivity index (χ0) is 69.9. The van der Waals surface area contributed by atoms with Crippen LogP contribution in [-0.4, -0.2) is 142 Å². The minimum atomic E-state index is -1.64. The number of halogens is 1. The predicted molar refractivity (Wildman–Crippen MR) is 349 cm³/mol. The number of nitrogens with one attached hydrogen (secondary N) is 6. The van der Waals surface area contributed by atoms with Crippen LogP contribution in [0.4, 0.5) is 4.39 Å². The van der Waals surface area contributed by atoms with Crippen LogP contribution >= 0.6 is 0 Å². The van der Waals surface area contributed by atoms with Crippen molar-refractivity contribution in [1.82, 2.24) is 31.9 Å². The zero-order valence-corrected chi connectivity index (χ0v) is 57.0. The van der Waals surface area contributed by atoms with Gasteiger partial charge in [-0.3, -0.25) is 52.7 Å². The summed E-state index contributed by atoms with van der Waals surface area (Å²) in [6.45, 7) is 20.6. The zero-order valence-electron chi connectivity index (χ0n) is 57.0. The second kappa shape index (κ2) is 39.8. The van der Waals surface area contributed by atoms with E-state index in [-0.39, 0.29) is 43.9 Å². The molecule has 3 rings (SSSR count). The Morgan fingerprint density at radius 2 is 1.30 bits per heavy atom. The summed E-state index contributed by atoms with van der Waals surface area (Å²) in [5.74, 6) is -16.8. The Morgan fingerprint density at radius 1 is 0.731 bits per heavy atom. The summed E-state index contributed by atoms with van der Waals surface area (Å²) in [5, 5.41) is 37.9. The summed E-state index contributed by atoms with van der Waals surface area (Å²) in [6.07, 6.45) is 1.49. The second-order valence-electron chi connectivity index (χ2n) is 26.5. The number of benzene rings is 1. The molecule has 2 aliphatic rings. The Kier molecular flexibility index (Phi) is 34.5. The number of nitrogens with two attached hydrogens (primary N) is 1. The molecule has 1 aliphatic carbocycles. The number of ether oxygens (including phenoxy) is 1. The normalized spacial score (nSPS) is 23.2. The van der Waals surface area contributed by atoms with Gasteiger partial charge < -0.3 is 52.6 Å². The standard InChI is InChI=1S/C70H110FN7O15/c1-13-19-20-21-25-28-48-33-57(84)62(45(12)93-68(91)61(43(10)17-5)77-69(92)70(78-66(48)89)37-51(70)31-44(11)71)76-65(88)50(39-80)35-56(83)60(42(9)16-4)75-67(90)52(40(7)14-2)36-54(81)53(29-30-58(72)85)73-64(87)49(38-79)34-55(82)59(41(8)15-3)74-63(86)47(18-6)32-46-26-23-22-24-27-46/h13,22-24,26-27,40-45,47-53,59-62,79-80H,1,14-21,25,28-39H2,2-12H3,(H2,72,85)(H,73,87)(H,74,86)(H,75,90)(H,76,88)(H,77,92)(H,78,89)/t40-,41-,42-,43-,44?,45-,47+,48+,49-,50-,51?,52+,53+,59-,60-,61-,62+,70?/m0/s1. The Labute approximate surface area is 550 Å². The van der Waals surface area contributed by atoms with Crippen molar-refractivity contribution in [3.63, 3.8) is 0 Å². The van der Waals surface area contributed by atoms with E-state index >= 15 is 0 Å². The first kappa shape index (κ1) is 80.5.